The molecule has 0 saturated heterocycles. The molecule has 1 aliphatic heterocycles. The van der Waals surface area contributed by atoms with Gasteiger partial charge in [0.1, 0.15) is 17.7 Å². The summed E-state index contributed by atoms with van der Waals surface area (Å²) >= 11 is 0. The van der Waals surface area contributed by atoms with E-state index in [1.807, 2.05) is 19.1 Å². The van der Waals surface area contributed by atoms with E-state index in [-0.39, 0.29) is 12.6 Å². The number of alkyl halides is 3. The first-order valence-corrected chi connectivity index (χ1v) is 14.5. The second-order valence-electron chi connectivity index (χ2n) is 11.2. The van der Waals surface area contributed by atoms with Crippen molar-refractivity contribution in [3.63, 3.8) is 0 Å². The lowest BCUT2D eigenvalue weighted by Crippen LogP contribution is -2.45. The van der Waals surface area contributed by atoms with Crippen molar-refractivity contribution in [3.05, 3.63) is 77.6 Å². The SMILES string of the molecule is CCCC1CN(C(=O)Nc2ccc(F)cc2C(F)(F)F)c2ccc(-c3ccc(C4CCC(CC)CC4)cc3)cc2O1. The van der Waals surface area contributed by atoms with E-state index >= 15 is 0 Å². The van der Waals surface area contributed by atoms with E-state index in [4.69, 9.17) is 4.74 Å². The highest BCUT2D eigenvalue weighted by atomic mass is 19.4. The number of amides is 2. The van der Waals surface area contributed by atoms with Gasteiger partial charge in [0.25, 0.3) is 0 Å². The van der Waals surface area contributed by atoms with E-state index in [0.717, 1.165) is 35.6 Å². The molecule has 1 heterocycles. The molecule has 1 fully saturated rings. The van der Waals surface area contributed by atoms with Crippen LogP contribution in [0.2, 0.25) is 0 Å². The van der Waals surface area contributed by atoms with Crippen molar-refractivity contribution in [3.8, 4) is 16.9 Å². The van der Waals surface area contributed by atoms with Crippen LogP contribution in [0.15, 0.2) is 60.7 Å². The Kier molecular flexibility index (Phi) is 8.57. The third-order valence-corrected chi connectivity index (χ3v) is 8.45. The third kappa shape index (κ3) is 6.52. The zero-order valence-corrected chi connectivity index (χ0v) is 23.4. The number of urea groups is 1. The maximum atomic E-state index is 13.6. The van der Waals surface area contributed by atoms with E-state index in [1.54, 1.807) is 6.07 Å². The topological polar surface area (TPSA) is 41.6 Å². The molecule has 1 saturated carbocycles. The highest BCUT2D eigenvalue weighted by molar-refractivity contribution is 6.03. The first-order chi connectivity index (χ1) is 19.7. The predicted molar refractivity (Wildman–Crippen MR) is 154 cm³/mol. The lowest BCUT2D eigenvalue weighted by Gasteiger charge is -2.35. The van der Waals surface area contributed by atoms with Gasteiger partial charge in [-0.3, -0.25) is 4.90 Å². The molecule has 8 heteroatoms. The first-order valence-electron chi connectivity index (χ1n) is 14.5. The largest absolute Gasteiger partial charge is 0.486 e. The van der Waals surface area contributed by atoms with Crippen molar-refractivity contribution in [2.24, 2.45) is 5.92 Å². The number of hydrogen-bond donors (Lipinski definition) is 1. The van der Waals surface area contributed by atoms with Gasteiger partial charge >= 0.3 is 12.2 Å². The van der Waals surface area contributed by atoms with Crippen LogP contribution in [0.25, 0.3) is 11.1 Å². The highest BCUT2D eigenvalue weighted by Crippen LogP contribution is 2.41. The average Bonchev–Trinajstić information content (AvgIpc) is 2.97. The lowest BCUT2D eigenvalue weighted by atomic mass is 9.77. The summed E-state index contributed by atoms with van der Waals surface area (Å²) in [7, 11) is 0. The Labute approximate surface area is 238 Å². The van der Waals surface area contributed by atoms with Crippen molar-refractivity contribution in [1.82, 2.24) is 0 Å². The number of ether oxygens (including phenoxy) is 1. The second-order valence-corrected chi connectivity index (χ2v) is 11.2. The Morgan fingerprint density at radius 1 is 0.951 bits per heavy atom. The Balaban J connectivity index is 1.38. The van der Waals surface area contributed by atoms with Gasteiger partial charge in [0.05, 0.1) is 23.5 Å². The Morgan fingerprint density at radius 2 is 1.66 bits per heavy atom. The van der Waals surface area contributed by atoms with Gasteiger partial charge in [0.2, 0.25) is 0 Å². The molecule has 0 bridgehead atoms. The van der Waals surface area contributed by atoms with Crippen LogP contribution in [0.1, 0.15) is 75.8 Å². The monoisotopic (exact) mass is 568 g/mol. The first kappa shape index (κ1) is 29.0. The highest BCUT2D eigenvalue weighted by Gasteiger charge is 2.36. The molecule has 1 unspecified atom stereocenters. The number of hydrogen-bond acceptors (Lipinski definition) is 2. The number of carbonyl (C=O) groups is 1. The Morgan fingerprint density at radius 3 is 2.32 bits per heavy atom. The average molecular weight is 569 g/mol. The predicted octanol–water partition coefficient (Wildman–Crippen LogP) is 9.79. The summed E-state index contributed by atoms with van der Waals surface area (Å²) in [6, 6.07) is 15.7. The molecule has 0 spiro atoms. The molecule has 5 rings (SSSR count). The summed E-state index contributed by atoms with van der Waals surface area (Å²) in [4.78, 5) is 14.7. The summed E-state index contributed by atoms with van der Waals surface area (Å²) in [6.07, 6.45) is 2.62. The fraction of sp³-hybridized carbons (Fsp3) is 0.424. The quantitative estimate of drug-likeness (QED) is 0.301. The minimum atomic E-state index is -4.82. The molecule has 1 N–H and O–H groups in total. The molecule has 2 amide bonds. The minimum Gasteiger partial charge on any atom is -0.486 e. The van der Waals surface area contributed by atoms with Crippen LogP contribution in [0.5, 0.6) is 5.75 Å². The molecule has 0 radical (unpaired) electrons. The van der Waals surface area contributed by atoms with Crippen LogP contribution in [0, 0.1) is 11.7 Å². The smallest absolute Gasteiger partial charge is 0.418 e. The molecule has 1 atom stereocenters. The third-order valence-electron chi connectivity index (χ3n) is 8.45. The number of nitrogens with one attached hydrogen (secondary N) is 1. The number of halogens is 4. The summed E-state index contributed by atoms with van der Waals surface area (Å²) < 4.78 is 60.4. The minimum absolute atomic E-state index is 0.184. The van der Waals surface area contributed by atoms with Crippen LogP contribution in [0.4, 0.5) is 33.7 Å². The number of anilines is 2. The molecule has 4 nitrogen and oxygen atoms in total. The maximum absolute atomic E-state index is 13.6. The van der Waals surface area contributed by atoms with Crippen molar-refractivity contribution >= 4 is 17.4 Å². The number of fused-ring (bicyclic) bond motifs is 1. The summed E-state index contributed by atoms with van der Waals surface area (Å²) in [5, 5.41) is 2.35. The van der Waals surface area contributed by atoms with Gasteiger partial charge in [-0.1, -0.05) is 57.0 Å². The van der Waals surface area contributed by atoms with Gasteiger partial charge in [-0.05, 0) is 91.0 Å². The van der Waals surface area contributed by atoms with Crippen LogP contribution in [-0.4, -0.2) is 18.7 Å². The Hall–Kier alpha value is -3.55. The van der Waals surface area contributed by atoms with Gasteiger partial charge in [0.15, 0.2) is 0 Å². The summed E-state index contributed by atoms with van der Waals surface area (Å²) in [5.74, 6) is 0.917. The van der Waals surface area contributed by atoms with Crippen LogP contribution >= 0.6 is 0 Å². The summed E-state index contributed by atoms with van der Waals surface area (Å²) in [5.41, 5.74) is 2.06. The van der Waals surface area contributed by atoms with Gasteiger partial charge < -0.3 is 10.1 Å². The van der Waals surface area contributed by atoms with Gasteiger partial charge in [0, 0.05) is 0 Å². The van der Waals surface area contributed by atoms with Crippen molar-refractivity contribution in [1.29, 1.82) is 0 Å². The number of nitrogens with zero attached hydrogens (tertiary/aromatic N) is 1. The second kappa shape index (κ2) is 12.1. The normalized spacial score (nSPS) is 20.7. The zero-order chi connectivity index (χ0) is 29.1. The van der Waals surface area contributed by atoms with E-state index in [2.05, 4.69) is 36.5 Å². The Bertz CT molecular complexity index is 1360. The number of benzene rings is 3. The molecular formula is C33H36F4N2O2. The summed E-state index contributed by atoms with van der Waals surface area (Å²) in [6.45, 7) is 4.46. The molecule has 3 aromatic rings. The van der Waals surface area contributed by atoms with Crippen molar-refractivity contribution in [2.45, 2.75) is 77.0 Å². The van der Waals surface area contributed by atoms with E-state index in [1.165, 1.54) is 42.6 Å². The molecule has 1 aliphatic carbocycles. The maximum Gasteiger partial charge on any atom is 0.418 e. The van der Waals surface area contributed by atoms with Gasteiger partial charge in [-0.2, -0.15) is 13.2 Å². The van der Waals surface area contributed by atoms with Crippen LogP contribution in [0.3, 0.4) is 0 Å². The molecule has 218 valence electrons. The fourth-order valence-electron chi connectivity index (χ4n) is 6.09. The molecule has 41 heavy (non-hydrogen) atoms. The van der Waals surface area contributed by atoms with E-state index in [0.29, 0.717) is 29.8 Å². The van der Waals surface area contributed by atoms with Crippen LogP contribution in [-0.2, 0) is 6.18 Å². The van der Waals surface area contributed by atoms with Crippen molar-refractivity contribution in [2.75, 3.05) is 16.8 Å². The van der Waals surface area contributed by atoms with Crippen molar-refractivity contribution < 1.29 is 27.1 Å². The van der Waals surface area contributed by atoms with E-state index in [9.17, 15) is 22.4 Å². The van der Waals surface area contributed by atoms with Gasteiger partial charge in [-0.15, -0.1) is 0 Å². The molecule has 0 aromatic heterocycles. The fourth-order valence-corrected chi connectivity index (χ4v) is 6.09. The zero-order valence-electron chi connectivity index (χ0n) is 23.4. The van der Waals surface area contributed by atoms with Crippen LogP contribution < -0.4 is 15.0 Å². The molecular weight excluding hydrogens is 532 g/mol. The van der Waals surface area contributed by atoms with Gasteiger partial charge in [-0.25, -0.2) is 9.18 Å². The molecule has 2 aliphatic rings. The standard InChI is InChI=1S/C33H36F4N2O2/c1-3-5-27-20-39(32(40)38-29-16-15-26(34)19-28(29)33(35,36)37)30-17-14-25(18-31(30)41-27)24-12-10-23(11-13-24)22-8-6-21(4-2)7-9-22/h10-19,21-22,27H,3-9,20H2,1-2H3,(H,38,40). The van der Waals surface area contributed by atoms with E-state index < -0.39 is 29.3 Å². The number of rotatable bonds is 6. The number of carbonyl (C=O) groups excluding carboxylic acids is 1. The molecule has 3 aromatic carbocycles. The lowest BCUT2D eigenvalue weighted by molar-refractivity contribution is -0.137.